The number of halogens is 2. The molecule has 17 heavy (non-hydrogen) atoms. The Labute approximate surface area is 110 Å². The Morgan fingerprint density at radius 3 is 2.94 bits per heavy atom. The van der Waals surface area contributed by atoms with Crippen LogP contribution in [-0.2, 0) is 6.42 Å². The summed E-state index contributed by atoms with van der Waals surface area (Å²) in [5, 5.41) is 9.37. The maximum absolute atomic E-state index is 13.7. The summed E-state index contributed by atoms with van der Waals surface area (Å²) in [4.78, 5) is 0. The molecule has 0 aromatic heterocycles. The van der Waals surface area contributed by atoms with Gasteiger partial charge in [-0.1, -0.05) is 22.9 Å². The van der Waals surface area contributed by atoms with Gasteiger partial charge in [0, 0.05) is 4.47 Å². The highest BCUT2D eigenvalue weighted by molar-refractivity contribution is 9.10. The molecule has 0 aliphatic heterocycles. The molecule has 0 saturated heterocycles. The molecule has 0 radical (unpaired) electrons. The fourth-order valence-electron chi connectivity index (χ4n) is 2.74. The van der Waals surface area contributed by atoms with Crippen LogP contribution in [0.25, 0.3) is 0 Å². The van der Waals surface area contributed by atoms with Crippen LogP contribution in [-0.4, -0.2) is 0 Å². The van der Waals surface area contributed by atoms with Crippen molar-refractivity contribution < 1.29 is 4.39 Å². The molecule has 1 aliphatic rings. The molecule has 1 aromatic carbocycles. The van der Waals surface area contributed by atoms with Crippen molar-refractivity contribution in [3.05, 3.63) is 34.1 Å². The molecule has 90 valence electrons. The van der Waals surface area contributed by atoms with Gasteiger partial charge < -0.3 is 0 Å². The lowest BCUT2D eigenvalue weighted by atomic mass is 9.81. The van der Waals surface area contributed by atoms with E-state index < -0.39 is 0 Å². The SMILES string of the molecule is CC1CCC(C#N)(Cc2cc(Br)ccc2F)C1. The summed E-state index contributed by atoms with van der Waals surface area (Å²) in [6, 6.07) is 7.36. The molecule has 0 bridgehead atoms. The van der Waals surface area contributed by atoms with Gasteiger partial charge in [0.2, 0.25) is 0 Å². The summed E-state index contributed by atoms with van der Waals surface area (Å²) >= 11 is 3.35. The Hall–Kier alpha value is -0.880. The van der Waals surface area contributed by atoms with Gasteiger partial charge in [0.05, 0.1) is 11.5 Å². The summed E-state index contributed by atoms with van der Waals surface area (Å²) in [7, 11) is 0. The van der Waals surface area contributed by atoms with E-state index in [-0.39, 0.29) is 11.2 Å². The van der Waals surface area contributed by atoms with E-state index in [0.717, 1.165) is 23.7 Å². The highest BCUT2D eigenvalue weighted by atomic mass is 79.9. The Kier molecular flexibility index (Phi) is 3.53. The molecule has 2 rings (SSSR count). The maximum atomic E-state index is 13.7. The summed E-state index contributed by atoms with van der Waals surface area (Å²) in [5.74, 6) is 0.368. The lowest BCUT2D eigenvalue weighted by molar-refractivity contribution is 0.384. The Morgan fingerprint density at radius 2 is 2.35 bits per heavy atom. The van der Waals surface area contributed by atoms with Crippen LogP contribution in [0.15, 0.2) is 22.7 Å². The van der Waals surface area contributed by atoms with Gasteiger partial charge in [-0.15, -0.1) is 0 Å². The number of benzene rings is 1. The maximum Gasteiger partial charge on any atom is 0.126 e. The summed E-state index contributed by atoms with van der Waals surface area (Å²) in [6.07, 6.45) is 3.37. The van der Waals surface area contributed by atoms with Crippen molar-refractivity contribution in [1.29, 1.82) is 5.26 Å². The third-order valence-corrected chi connectivity index (χ3v) is 4.12. The second-order valence-corrected chi connectivity index (χ2v) is 6.07. The molecule has 3 heteroatoms. The van der Waals surface area contributed by atoms with Gasteiger partial charge in [-0.2, -0.15) is 5.26 Å². The average molecular weight is 296 g/mol. The van der Waals surface area contributed by atoms with Crippen molar-refractivity contribution in [1.82, 2.24) is 0 Å². The smallest absolute Gasteiger partial charge is 0.126 e. The second kappa shape index (κ2) is 4.78. The van der Waals surface area contributed by atoms with Gasteiger partial charge in [0.15, 0.2) is 0 Å². The van der Waals surface area contributed by atoms with Gasteiger partial charge in [0.25, 0.3) is 0 Å². The minimum atomic E-state index is -0.360. The first-order valence-corrected chi connectivity index (χ1v) is 6.69. The van der Waals surface area contributed by atoms with E-state index in [2.05, 4.69) is 28.9 Å². The van der Waals surface area contributed by atoms with Crippen molar-refractivity contribution in [2.45, 2.75) is 32.6 Å². The number of nitrogens with zero attached hydrogens (tertiary/aromatic N) is 1. The zero-order chi connectivity index (χ0) is 12.5. The van der Waals surface area contributed by atoms with Gasteiger partial charge in [0.1, 0.15) is 5.82 Å². The predicted octanol–water partition coefficient (Wildman–Crippen LogP) is 4.46. The molecule has 0 N–H and O–H groups in total. The van der Waals surface area contributed by atoms with Crippen LogP contribution in [0.3, 0.4) is 0 Å². The largest absolute Gasteiger partial charge is 0.207 e. The van der Waals surface area contributed by atoms with Crippen molar-refractivity contribution >= 4 is 15.9 Å². The van der Waals surface area contributed by atoms with Crippen molar-refractivity contribution in [2.75, 3.05) is 0 Å². The monoisotopic (exact) mass is 295 g/mol. The summed E-state index contributed by atoms with van der Waals surface area (Å²) in [6.45, 7) is 2.16. The van der Waals surface area contributed by atoms with E-state index in [4.69, 9.17) is 0 Å². The van der Waals surface area contributed by atoms with Crippen LogP contribution in [0.4, 0.5) is 4.39 Å². The van der Waals surface area contributed by atoms with E-state index in [9.17, 15) is 9.65 Å². The third kappa shape index (κ3) is 2.69. The fraction of sp³-hybridized carbons (Fsp3) is 0.500. The molecule has 0 heterocycles. The molecule has 1 saturated carbocycles. The van der Waals surface area contributed by atoms with E-state index >= 15 is 0 Å². The van der Waals surface area contributed by atoms with Crippen molar-refractivity contribution in [3.8, 4) is 6.07 Å². The Morgan fingerprint density at radius 1 is 1.59 bits per heavy atom. The first-order chi connectivity index (χ1) is 8.04. The molecule has 1 nitrogen and oxygen atoms in total. The zero-order valence-corrected chi connectivity index (χ0v) is 11.4. The zero-order valence-electron chi connectivity index (χ0n) is 9.84. The van der Waals surface area contributed by atoms with Crippen molar-refractivity contribution in [3.63, 3.8) is 0 Å². The molecule has 2 atom stereocenters. The van der Waals surface area contributed by atoms with Gasteiger partial charge in [-0.25, -0.2) is 4.39 Å². The molecule has 1 aromatic rings. The van der Waals surface area contributed by atoms with Crippen LogP contribution in [0, 0.1) is 28.5 Å². The first kappa shape index (κ1) is 12.6. The Bertz CT molecular complexity index is 466. The lowest BCUT2D eigenvalue weighted by Crippen LogP contribution is -2.18. The van der Waals surface area contributed by atoms with Gasteiger partial charge in [-0.3, -0.25) is 0 Å². The second-order valence-electron chi connectivity index (χ2n) is 5.15. The van der Waals surface area contributed by atoms with Crippen LogP contribution in [0.5, 0.6) is 0 Å². The summed E-state index contributed by atoms with van der Waals surface area (Å²) in [5.41, 5.74) is 0.288. The van der Waals surface area contributed by atoms with E-state index in [1.807, 2.05) is 0 Å². The minimum Gasteiger partial charge on any atom is -0.207 e. The van der Waals surface area contributed by atoms with Crippen LogP contribution >= 0.6 is 15.9 Å². The fourth-order valence-corrected chi connectivity index (χ4v) is 3.15. The highest BCUT2D eigenvalue weighted by Gasteiger charge is 2.38. The van der Waals surface area contributed by atoms with E-state index in [1.54, 1.807) is 12.1 Å². The quantitative estimate of drug-likeness (QED) is 0.790. The number of rotatable bonds is 2. The molecule has 0 spiro atoms. The van der Waals surface area contributed by atoms with Gasteiger partial charge >= 0.3 is 0 Å². The number of hydrogen-bond acceptors (Lipinski definition) is 1. The minimum absolute atomic E-state index is 0.206. The van der Waals surface area contributed by atoms with E-state index in [0.29, 0.717) is 17.9 Å². The lowest BCUT2D eigenvalue weighted by Gasteiger charge is -2.21. The molecular formula is C14H15BrFN. The molecule has 2 unspecified atom stereocenters. The third-order valence-electron chi connectivity index (χ3n) is 3.63. The Balaban J connectivity index is 2.25. The molecular weight excluding hydrogens is 281 g/mol. The molecule has 1 fully saturated rings. The highest BCUT2D eigenvalue weighted by Crippen LogP contribution is 2.44. The standard InChI is InChI=1S/C14H15BrFN/c1-10-4-5-14(7-10,9-17)8-11-6-12(15)2-3-13(11)16/h2-3,6,10H,4-5,7-8H2,1H3. The first-order valence-electron chi connectivity index (χ1n) is 5.90. The van der Waals surface area contributed by atoms with Crippen LogP contribution in [0.1, 0.15) is 31.7 Å². The van der Waals surface area contributed by atoms with E-state index in [1.165, 1.54) is 6.07 Å². The number of hydrogen-bond donors (Lipinski definition) is 0. The normalized spacial score (nSPS) is 28.0. The van der Waals surface area contributed by atoms with Crippen LogP contribution in [0.2, 0.25) is 0 Å². The van der Waals surface area contributed by atoms with Gasteiger partial charge in [-0.05, 0) is 55.4 Å². The predicted molar refractivity (Wildman–Crippen MR) is 68.9 cm³/mol. The average Bonchev–Trinajstić information content (AvgIpc) is 2.66. The topological polar surface area (TPSA) is 23.8 Å². The molecule has 1 aliphatic carbocycles. The summed E-state index contributed by atoms with van der Waals surface area (Å²) < 4.78 is 14.6. The van der Waals surface area contributed by atoms with Crippen molar-refractivity contribution in [2.24, 2.45) is 11.3 Å². The van der Waals surface area contributed by atoms with Crippen LogP contribution < -0.4 is 0 Å². The number of nitriles is 1. The molecule has 0 amide bonds.